The molecule has 0 rings (SSSR count). The van der Waals surface area contributed by atoms with Gasteiger partial charge in [0.2, 0.25) is 0 Å². The van der Waals surface area contributed by atoms with Crippen molar-refractivity contribution in [1.29, 1.82) is 0 Å². The Labute approximate surface area is 134 Å². The number of carboxylic acids is 1. The van der Waals surface area contributed by atoms with Crippen LogP contribution in [0.15, 0.2) is 0 Å². The second kappa shape index (κ2) is 6.62. The summed E-state index contributed by atoms with van der Waals surface area (Å²) in [5, 5.41) is 7.77. The van der Waals surface area contributed by atoms with E-state index in [1.807, 2.05) is 0 Å². The minimum absolute atomic E-state index is 0. The Hall–Kier alpha value is -0.380. The first-order chi connectivity index (χ1) is 8.86. The number of carbonyl (C=O) groups is 1. The molecule has 0 spiro atoms. The predicted molar refractivity (Wildman–Crippen MR) is 42.8 cm³/mol. The molecule has 1 N–H and O–H groups in total. The van der Waals surface area contributed by atoms with Gasteiger partial charge in [-0.3, -0.25) is 4.74 Å². The monoisotopic (exact) mass is 370 g/mol. The molecule has 16 heteroatoms. The molecule has 0 aliphatic rings. The van der Waals surface area contributed by atoms with Crippen LogP contribution < -0.4 is 0 Å². The fourth-order valence-corrected chi connectivity index (χ4v) is 0.664. The quantitative estimate of drug-likeness (QED) is 0.597. The molecule has 0 saturated heterocycles. The second-order valence-electron chi connectivity index (χ2n) is 3.08. The van der Waals surface area contributed by atoms with Crippen molar-refractivity contribution in [2.75, 3.05) is 0 Å². The predicted octanol–water partition coefficient (Wildman–Crippen LogP) is 2.39. The number of aliphatic carboxylic acids is 1. The fraction of sp³-hybridized carbons (Fsp3) is 0.833. The number of rotatable bonds is 5. The van der Waals surface area contributed by atoms with Gasteiger partial charge in [0.25, 0.3) is 0 Å². The van der Waals surface area contributed by atoms with Gasteiger partial charge in [-0.2, -0.15) is 35.1 Å². The van der Waals surface area contributed by atoms with Gasteiger partial charge in [-0.05, 0) is 0 Å². The van der Waals surface area contributed by atoms with Crippen molar-refractivity contribution in [3.8, 4) is 0 Å². The third-order valence-electron chi connectivity index (χ3n) is 1.49. The summed E-state index contributed by atoms with van der Waals surface area (Å²) in [5.41, 5.74) is 0. The molecule has 4 nitrogen and oxygen atoms in total. The van der Waals surface area contributed by atoms with E-state index in [0.29, 0.717) is 0 Å². The van der Waals surface area contributed by atoms with Crippen LogP contribution >= 0.6 is 0 Å². The molecular formula is C6H2F11NaO4. The van der Waals surface area contributed by atoms with E-state index >= 15 is 0 Å². The molecule has 0 aromatic rings. The third-order valence-corrected chi connectivity index (χ3v) is 1.49. The van der Waals surface area contributed by atoms with Crippen LogP contribution in [0.3, 0.4) is 0 Å². The molecule has 0 aromatic carbocycles. The van der Waals surface area contributed by atoms with E-state index in [1.54, 1.807) is 4.74 Å². The SMILES string of the molecule is O=C(O)C(F)(OC(F)(F)C(F)(F)OC(F)(F)F)C(F)(F)F.[NaH]. The molecule has 0 bridgehead atoms. The van der Waals surface area contributed by atoms with Crippen LogP contribution in [-0.2, 0) is 14.3 Å². The van der Waals surface area contributed by atoms with Gasteiger partial charge in [0, 0.05) is 0 Å². The van der Waals surface area contributed by atoms with Gasteiger partial charge in [-0.1, -0.05) is 0 Å². The van der Waals surface area contributed by atoms with Crippen LogP contribution in [0.25, 0.3) is 0 Å². The zero-order chi connectivity index (χ0) is 17.5. The Morgan fingerprint density at radius 3 is 1.27 bits per heavy atom. The Kier molecular flexibility index (Phi) is 7.19. The Bertz CT molecular complexity index is 404. The summed E-state index contributed by atoms with van der Waals surface area (Å²) >= 11 is 0. The molecule has 0 aliphatic heterocycles. The first-order valence-corrected chi connectivity index (χ1v) is 4.07. The average Bonchev–Trinajstić information content (AvgIpc) is 2.09. The molecule has 128 valence electrons. The van der Waals surface area contributed by atoms with Gasteiger partial charge < -0.3 is 5.11 Å². The Morgan fingerprint density at radius 1 is 0.727 bits per heavy atom. The molecule has 1 unspecified atom stereocenters. The zero-order valence-electron chi connectivity index (χ0n) is 8.83. The van der Waals surface area contributed by atoms with E-state index in [2.05, 4.69) is 0 Å². The average molecular weight is 370 g/mol. The van der Waals surface area contributed by atoms with Crippen molar-refractivity contribution in [1.82, 2.24) is 0 Å². The minimum atomic E-state index is -6.93. The van der Waals surface area contributed by atoms with Crippen LogP contribution in [0.1, 0.15) is 0 Å². The molecule has 0 aromatic heterocycles. The zero-order valence-corrected chi connectivity index (χ0v) is 8.83. The number of hydrogen-bond donors (Lipinski definition) is 1. The first kappa shape index (κ1) is 23.9. The Morgan fingerprint density at radius 2 is 1.05 bits per heavy atom. The molecule has 0 heterocycles. The van der Waals surface area contributed by atoms with Gasteiger partial charge in [0.1, 0.15) is 0 Å². The van der Waals surface area contributed by atoms with Gasteiger partial charge in [0.05, 0.1) is 0 Å². The maximum absolute atomic E-state index is 12.8. The summed E-state index contributed by atoms with van der Waals surface area (Å²) in [7, 11) is 0. The van der Waals surface area contributed by atoms with E-state index in [1.165, 1.54) is 4.74 Å². The fourth-order valence-electron chi connectivity index (χ4n) is 0.664. The standard InChI is InChI=1S/C6HF11O4.Na.H/c7-2(1(18)19,3(8,9)10)20-4(11,12)5(13,14)21-6(15,16)17;;/h(H,18,19);;. The van der Waals surface area contributed by atoms with Crippen LogP contribution in [0.2, 0.25) is 0 Å². The van der Waals surface area contributed by atoms with E-state index in [0.717, 1.165) is 0 Å². The number of alkyl halides is 11. The number of halogens is 11. The van der Waals surface area contributed by atoms with Crippen molar-refractivity contribution >= 4 is 35.5 Å². The molecule has 0 amide bonds. The summed E-state index contributed by atoms with van der Waals surface area (Å²) < 4.78 is 136. The van der Waals surface area contributed by atoms with Crippen LogP contribution in [0, 0.1) is 0 Å². The van der Waals surface area contributed by atoms with Crippen molar-refractivity contribution < 1.29 is 67.7 Å². The van der Waals surface area contributed by atoms with Gasteiger partial charge in [-0.25, -0.2) is 9.53 Å². The van der Waals surface area contributed by atoms with E-state index in [4.69, 9.17) is 5.11 Å². The first-order valence-electron chi connectivity index (χ1n) is 4.07. The number of ether oxygens (including phenoxy) is 2. The van der Waals surface area contributed by atoms with E-state index in [-0.39, 0.29) is 29.6 Å². The van der Waals surface area contributed by atoms with Gasteiger partial charge in [-0.15, -0.1) is 13.2 Å². The molecule has 0 fully saturated rings. The van der Waals surface area contributed by atoms with Crippen molar-refractivity contribution in [2.45, 2.75) is 30.6 Å². The number of hydrogen-bond acceptors (Lipinski definition) is 3. The van der Waals surface area contributed by atoms with Crippen molar-refractivity contribution in [3.05, 3.63) is 0 Å². The van der Waals surface area contributed by atoms with E-state index in [9.17, 15) is 53.1 Å². The van der Waals surface area contributed by atoms with Gasteiger partial charge in [0.15, 0.2) is 0 Å². The molecular weight excluding hydrogens is 368 g/mol. The molecule has 0 saturated carbocycles. The maximum atomic E-state index is 12.8. The summed E-state index contributed by atoms with van der Waals surface area (Å²) in [6.07, 6.45) is -27.1. The summed E-state index contributed by atoms with van der Waals surface area (Å²) in [4.78, 5) is 9.90. The van der Waals surface area contributed by atoms with E-state index < -0.39 is 36.6 Å². The van der Waals surface area contributed by atoms with Crippen LogP contribution in [-0.4, -0.2) is 71.2 Å². The number of carboxylic acid groups (broad SMARTS) is 1. The topological polar surface area (TPSA) is 55.8 Å². The van der Waals surface area contributed by atoms with Crippen molar-refractivity contribution in [3.63, 3.8) is 0 Å². The van der Waals surface area contributed by atoms with Gasteiger partial charge >= 0.3 is 66.1 Å². The Balaban J connectivity index is 0. The second-order valence-corrected chi connectivity index (χ2v) is 3.08. The summed E-state index contributed by atoms with van der Waals surface area (Å²) in [6, 6.07) is 0. The molecule has 0 radical (unpaired) electrons. The normalized spacial score (nSPS) is 16.7. The summed E-state index contributed by atoms with van der Waals surface area (Å²) in [6.45, 7) is 0. The van der Waals surface area contributed by atoms with Crippen molar-refractivity contribution in [2.24, 2.45) is 0 Å². The van der Waals surface area contributed by atoms with Crippen LogP contribution in [0.5, 0.6) is 0 Å². The molecule has 0 aliphatic carbocycles. The van der Waals surface area contributed by atoms with Crippen LogP contribution in [0.4, 0.5) is 48.3 Å². The summed E-state index contributed by atoms with van der Waals surface area (Å²) in [5.74, 6) is -10.3. The molecule has 1 atom stereocenters. The third kappa shape index (κ3) is 5.36. The molecule has 22 heavy (non-hydrogen) atoms.